The van der Waals surface area contributed by atoms with Crippen molar-refractivity contribution in [3.8, 4) is 5.75 Å². The first-order valence-corrected chi connectivity index (χ1v) is 9.93. The van der Waals surface area contributed by atoms with Gasteiger partial charge in [0, 0.05) is 19.2 Å². The maximum absolute atomic E-state index is 5.41. The average molecular weight is 386 g/mol. The van der Waals surface area contributed by atoms with Crippen molar-refractivity contribution < 1.29 is 4.74 Å². The molecule has 148 valence electrons. The molecule has 0 atom stereocenters. The Morgan fingerprint density at radius 3 is 2.00 bits per heavy atom. The van der Waals surface area contributed by atoms with E-state index in [0.29, 0.717) is 0 Å². The van der Waals surface area contributed by atoms with E-state index in [2.05, 4.69) is 84.7 Å². The number of ether oxygens (including phenoxy) is 1. The van der Waals surface area contributed by atoms with Crippen LogP contribution >= 0.6 is 0 Å². The minimum atomic E-state index is -0.300. The third-order valence-electron chi connectivity index (χ3n) is 5.17. The summed E-state index contributed by atoms with van der Waals surface area (Å²) in [5, 5.41) is 3.66. The lowest BCUT2D eigenvalue weighted by Crippen LogP contribution is -2.50. The molecule has 0 bridgehead atoms. The van der Waals surface area contributed by atoms with Crippen molar-refractivity contribution in [2.24, 2.45) is 4.99 Å². The van der Waals surface area contributed by atoms with Crippen LogP contribution in [-0.4, -0.2) is 23.4 Å². The van der Waals surface area contributed by atoms with Crippen molar-refractivity contribution in [2.75, 3.05) is 12.4 Å². The van der Waals surface area contributed by atoms with Crippen LogP contribution in [0.15, 0.2) is 83.9 Å². The molecule has 0 saturated heterocycles. The normalized spacial score (nSPS) is 14.4. The second-order valence-corrected chi connectivity index (χ2v) is 7.90. The highest BCUT2D eigenvalue weighted by Gasteiger charge is 2.34. The second-order valence-electron chi connectivity index (χ2n) is 7.90. The molecule has 1 N–H and O–H groups in total. The van der Waals surface area contributed by atoms with Gasteiger partial charge < -0.3 is 15.0 Å². The molecule has 1 heterocycles. The number of rotatable bonds is 5. The fourth-order valence-corrected chi connectivity index (χ4v) is 3.76. The van der Waals surface area contributed by atoms with Crippen LogP contribution in [0.4, 0.5) is 11.4 Å². The van der Waals surface area contributed by atoms with E-state index in [9.17, 15) is 0 Å². The van der Waals surface area contributed by atoms with Gasteiger partial charge in [-0.15, -0.1) is 0 Å². The highest BCUT2D eigenvalue weighted by molar-refractivity contribution is 5.99. The summed E-state index contributed by atoms with van der Waals surface area (Å²) in [6.07, 6.45) is 0. The van der Waals surface area contributed by atoms with Crippen LogP contribution < -0.4 is 10.1 Å². The molecule has 4 nitrogen and oxygen atoms in total. The lowest BCUT2D eigenvalue weighted by molar-refractivity contribution is 0.380. The molecule has 1 aliphatic heterocycles. The zero-order chi connectivity index (χ0) is 20.3. The van der Waals surface area contributed by atoms with Gasteiger partial charge in [0.05, 0.1) is 24.0 Å². The summed E-state index contributed by atoms with van der Waals surface area (Å²) >= 11 is 0. The van der Waals surface area contributed by atoms with Crippen molar-refractivity contribution in [1.82, 2.24) is 4.90 Å². The molecular weight excluding hydrogens is 358 g/mol. The average Bonchev–Trinajstić information content (AvgIpc) is 2.73. The summed E-state index contributed by atoms with van der Waals surface area (Å²) in [7, 11) is 1.68. The number of anilines is 1. The Morgan fingerprint density at radius 1 is 0.862 bits per heavy atom. The highest BCUT2D eigenvalue weighted by Crippen LogP contribution is 2.37. The predicted molar refractivity (Wildman–Crippen MR) is 120 cm³/mol. The second kappa shape index (κ2) is 8.00. The van der Waals surface area contributed by atoms with Gasteiger partial charge in [-0.1, -0.05) is 60.7 Å². The van der Waals surface area contributed by atoms with Crippen molar-refractivity contribution >= 4 is 17.2 Å². The number of nitrogens with zero attached hydrogens (tertiary/aromatic N) is 2. The van der Waals surface area contributed by atoms with E-state index < -0.39 is 0 Å². The summed E-state index contributed by atoms with van der Waals surface area (Å²) in [4.78, 5) is 7.46. The molecule has 0 fully saturated rings. The van der Waals surface area contributed by atoms with Crippen LogP contribution in [0.5, 0.6) is 5.75 Å². The largest absolute Gasteiger partial charge is 0.497 e. The Bertz CT molecular complexity index is 956. The lowest BCUT2D eigenvalue weighted by Gasteiger charge is -2.40. The van der Waals surface area contributed by atoms with Crippen molar-refractivity contribution in [3.05, 3.63) is 90.0 Å². The summed E-state index contributed by atoms with van der Waals surface area (Å²) < 4.78 is 5.41. The molecule has 0 spiro atoms. The van der Waals surface area contributed by atoms with Gasteiger partial charge in [0.2, 0.25) is 0 Å². The van der Waals surface area contributed by atoms with Crippen LogP contribution in [0.3, 0.4) is 0 Å². The Labute approximate surface area is 172 Å². The SMILES string of the molecule is COc1ccc2c(c1)N=C(N(Cc1ccccc1)Cc1ccccc1)C(C)(C)N2. The molecule has 4 rings (SSSR count). The van der Waals surface area contributed by atoms with E-state index in [0.717, 1.165) is 36.0 Å². The molecular formula is C25H27N3O. The monoisotopic (exact) mass is 385 g/mol. The molecule has 1 aliphatic rings. The number of nitrogens with one attached hydrogen (secondary N) is 1. The maximum Gasteiger partial charge on any atom is 0.131 e. The van der Waals surface area contributed by atoms with Crippen molar-refractivity contribution in [3.63, 3.8) is 0 Å². The van der Waals surface area contributed by atoms with E-state index in [1.54, 1.807) is 7.11 Å². The first-order chi connectivity index (χ1) is 14.0. The van der Waals surface area contributed by atoms with Crippen LogP contribution in [0.25, 0.3) is 0 Å². The zero-order valence-electron chi connectivity index (χ0n) is 17.2. The highest BCUT2D eigenvalue weighted by atomic mass is 16.5. The first kappa shape index (κ1) is 19.1. The molecule has 0 aromatic heterocycles. The van der Waals surface area contributed by atoms with E-state index in [1.807, 2.05) is 18.2 Å². The predicted octanol–water partition coefficient (Wildman–Crippen LogP) is 5.63. The van der Waals surface area contributed by atoms with Crippen LogP contribution in [-0.2, 0) is 13.1 Å². The van der Waals surface area contributed by atoms with Gasteiger partial charge in [0.1, 0.15) is 11.6 Å². The smallest absolute Gasteiger partial charge is 0.131 e. The minimum Gasteiger partial charge on any atom is -0.497 e. The van der Waals surface area contributed by atoms with Crippen molar-refractivity contribution in [2.45, 2.75) is 32.5 Å². The van der Waals surface area contributed by atoms with E-state index in [-0.39, 0.29) is 5.54 Å². The van der Waals surface area contributed by atoms with E-state index in [4.69, 9.17) is 9.73 Å². The summed E-state index contributed by atoms with van der Waals surface area (Å²) in [6.45, 7) is 5.95. The fraction of sp³-hybridized carbons (Fsp3) is 0.240. The molecule has 0 amide bonds. The molecule has 0 saturated carbocycles. The van der Waals surface area contributed by atoms with Crippen LogP contribution in [0.2, 0.25) is 0 Å². The minimum absolute atomic E-state index is 0.300. The van der Waals surface area contributed by atoms with E-state index >= 15 is 0 Å². The standard InChI is InChI=1S/C25H27N3O/c1-25(2)24(26-23-16-21(29-3)14-15-22(23)27-25)28(17-19-10-6-4-7-11-19)18-20-12-8-5-9-13-20/h4-16,27H,17-18H2,1-3H3. The summed E-state index contributed by atoms with van der Waals surface area (Å²) in [6, 6.07) is 27.1. The quantitative estimate of drug-likeness (QED) is 0.618. The number of methoxy groups -OCH3 is 1. The van der Waals surface area contributed by atoms with Gasteiger partial charge in [-0.05, 0) is 37.1 Å². The summed E-state index contributed by atoms with van der Waals surface area (Å²) in [5.74, 6) is 1.83. The number of aliphatic imine (C=N–C) groups is 1. The maximum atomic E-state index is 5.41. The zero-order valence-corrected chi connectivity index (χ0v) is 17.2. The Kier molecular flexibility index (Phi) is 5.26. The molecule has 0 unspecified atom stereocenters. The van der Waals surface area contributed by atoms with Gasteiger partial charge in [0.25, 0.3) is 0 Å². The first-order valence-electron chi connectivity index (χ1n) is 9.93. The van der Waals surface area contributed by atoms with Gasteiger partial charge in [0.15, 0.2) is 0 Å². The topological polar surface area (TPSA) is 36.9 Å². The molecule has 0 aliphatic carbocycles. The van der Waals surface area contributed by atoms with Gasteiger partial charge in [-0.3, -0.25) is 0 Å². The molecule has 3 aromatic carbocycles. The third-order valence-corrected chi connectivity index (χ3v) is 5.17. The molecule has 29 heavy (non-hydrogen) atoms. The molecule has 4 heteroatoms. The Morgan fingerprint density at radius 2 is 1.45 bits per heavy atom. The van der Waals surface area contributed by atoms with Gasteiger partial charge in [-0.25, -0.2) is 4.99 Å². The van der Waals surface area contributed by atoms with E-state index in [1.165, 1.54) is 11.1 Å². The Hall–Kier alpha value is -3.27. The number of hydrogen-bond donors (Lipinski definition) is 1. The molecule has 0 radical (unpaired) electrons. The number of fused-ring (bicyclic) bond motifs is 1. The number of benzene rings is 3. The number of amidine groups is 1. The van der Waals surface area contributed by atoms with Crippen molar-refractivity contribution in [1.29, 1.82) is 0 Å². The number of hydrogen-bond acceptors (Lipinski definition) is 4. The van der Waals surface area contributed by atoms with Gasteiger partial charge >= 0.3 is 0 Å². The van der Waals surface area contributed by atoms with Crippen LogP contribution in [0.1, 0.15) is 25.0 Å². The summed E-state index contributed by atoms with van der Waals surface area (Å²) in [5.41, 5.74) is 4.16. The van der Waals surface area contributed by atoms with Gasteiger partial charge in [-0.2, -0.15) is 0 Å². The van der Waals surface area contributed by atoms with Crippen LogP contribution in [0, 0.1) is 0 Å². The third kappa shape index (κ3) is 4.27. The Balaban J connectivity index is 1.75. The fourth-order valence-electron chi connectivity index (χ4n) is 3.76. The molecule has 3 aromatic rings. The lowest BCUT2D eigenvalue weighted by atomic mass is 9.97.